The summed E-state index contributed by atoms with van der Waals surface area (Å²) in [6.07, 6.45) is 1.65. The van der Waals surface area contributed by atoms with Crippen LogP contribution in [0, 0.1) is 0 Å². The molecule has 1 fully saturated rings. The maximum atomic E-state index is 4.42. The van der Waals surface area contributed by atoms with E-state index in [9.17, 15) is 0 Å². The highest BCUT2D eigenvalue weighted by atomic mass is 15.1. The first-order valence-electron chi connectivity index (χ1n) is 5.59. The molecule has 0 spiro atoms. The van der Waals surface area contributed by atoms with E-state index in [0.717, 1.165) is 36.2 Å². The Kier molecular flexibility index (Phi) is 2.52. The molecule has 1 unspecified atom stereocenters. The van der Waals surface area contributed by atoms with E-state index in [1.54, 1.807) is 6.33 Å². The van der Waals surface area contributed by atoms with Crippen molar-refractivity contribution < 1.29 is 0 Å². The second kappa shape index (κ2) is 4.15. The van der Waals surface area contributed by atoms with Gasteiger partial charge in [0.05, 0.1) is 17.3 Å². The van der Waals surface area contributed by atoms with Gasteiger partial charge in [-0.1, -0.05) is 18.2 Å². The number of fused-ring (bicyclic) bond motifs is 1. The largest absolute Gasteiger partial charge is 0.314 e. The van der Waals surface area contributed by atoms with Gasteiger partial charge in [0.1, 0.15) is 6.33 Å². The number of hydrogen-bond acceptors (Lipinski definition) is 4. The van der Waals surface area contributed by atoms with Crippen molar-refractivity contribution in [1.82, 2.24) is 20.6 Å². The topological polar surface area (TPSA) is 49.8 Å². The van der Waals surface area contributed by atoms with Crippen molar-refractivity contribution in [2.45, 2.75) is 6.04 Å². The van der Waals surface area contributed by atoms with Gasteiger partial charge in [-0.3, -0.25) is 0 Å². The molecule has 3 rings (SSSR count). The molecule has 0 saturated carbocycles. The average Bonchev–Trinajstić information content (AvgIpc) is 2.39. The molecule has 1 saturated heterocycles. The summed E-state index contributed by atoms with van der Waals surface area (Å²) in [5.74, 6) is 0. The van der Waals surface area contributed by atoms with Gasteiger partial charge in [-0.25, -0.2) is 9.97 Å². The fourth-order valence-electron chi connectivity index (χ4n) is 2.15. The summed E-state index contributed by atoms with van der Waals surface area (Å²) in [5.41, 5.74) is 2.11. The monoisotopic (exact) mass is 214 g/mol. The molecule has 16 heavy (non-hydrogen) atoms. The standard InChI is InChI=1S/C12H14N4/c1-2-4-10-9(3-1)12(16-8-15-10)11-7-13-5-6-14-11/h1-4,8,11,13-14H,5-7H2. The third-order valence-corrected chi connectivity index (χ3v) is 2.94. The fraction of sp³-hybridized carbons (Fsp3) is 0.333. The summed E-state index contributed by atoms with van der Waals surface area (Å²) in [4.78, 5) is 8.69. The second-order valence-corrected chi connectivity index (χ2v) is 3.99. The lowest BCUT2D eigenvalue weighted by molar-refractivity contribution is 0.425. The Bertz CT molecular complexity index is 486. The van der Waals surface area contributed by atoms with E-state index >= 15 is 0 Å². The summed E-state index contributed by atoms with van der Waals surface area (Å²) in [5, 5.41) is 7.99. The van der Waals surface area contributed by atoms with E-state index in [1.165, 1.54) is 0 Å². The molecule has 2 heterocycles. The summed E-state index contributed by atoms with van der Waals surface area (Å²) in [6, 6.07) is 8.44. The number of nitrogens with one attached hydrogen (secondary N) is 2. The molecular weight excluding hydrogens is 200 g/mol. The molecule has 1 atom stereocenters. The van der Waals surface area contributed by atoms with Crippen molar-refractivity contribution in [3.63, 3.8) is 0 Å². The van der Waals surface area contributed by atoms with Crippen molar-refractivity contribution in [3.8, 4) is 0 Å². The molecule has 4 nitrogen and oxygen atoms in total. The number of nitrogens with zero attached hydrogens (tertiary/aromatic N) is 2. The number of hydrogen-bond donors (Lipinski definition) is 2. The summed E-state index contributed by atoms with van der Waals surface area (Å²) in [6.45, 7) is 2.95. The lowest BCUT2D eigenvalue weighted by atomic mass is 10.1. The van der Waals surface area contributed by atoms with Crippen molar-refractivity contribution >= 4 is 10.9 Å². The molecular formula is C12H14N4. The Morgan fingerprint density at radius 2 is 2.06 bits per heavy atom. The molecule has 1 aliphatic heterocycles. The van der Waals surface area contributed by atoms with Gasteiger partial charge in [0.2, 0.25) is 0 Å². The van der Waals surface area contributed by atoms with Crippen LogP contribution in [-0.2, 0) is 0 Å². The molecule has 2 N–H and O–H groups in total. The third-order valence-electron chi connectivity index (χ3n) is 2.94. The molecule has 0 amide bonds. The maximum absolute atomic E-state index is 4.42. The van der Waals surface area contributed by atoms with Crippen LogP contribution in [0.2, 0.25) is 0 Å². The quantitative estimate of drug-likeness (QED) is 0.739. The molecule has 1 aromatic heterocycles. The van der Waals surface area contributed by atoms with Gasteiger partial charge < -0.3 is 10.6 Å². The highest BCUT2D eigenvalue weighted by Gasteiger charge is 2.17. The number of rotatable bonds is 1. The molecule has 4 heteroatoms. The van der Waals surface area contributed by atoms with E-state index in [4.69, 9.17) is 0 Å². The fourth-order valence-corrected chi connectivity index (χ4v) is 2.15. The summed E-state index contributed by atoms with van der Waals surface area (Å²) >= 11 is 0. The smallest absolute Gasteiger partial charge is 0.116 e. The van der Waals surface area contributed by atoms with Gasteiger partial charge in [-0.05, 0) is 6.07 Å². The Labute approximate surface area is 94.1 Å². The first kappa shape index (κ1) is 9.69. The summed E-state index contributed by atoms with van der Waals surface area (Å²) < 4.78 is 0. The van der Waals surface area contributed by atoms with Crippen LogP contribution in [0.15, 0.2) is 30.6 Å². The molecule has 0 radical (unpaired) electrons. The zero-order chi connectivity index (χ0) is 10.8. The first-order valence-corrected chi connectivity index (χ1v) is 5.59. The SMILES string of the molecule is c1ccc2c(C3CNCCN3)ncnc2c1. The predicted octanol–water partition coefficient (Wildman–Crippen LogP) is 0.864. The molecule has 1 aliphatic rings. The van der Waals surface area contributed by atoms with Crippen LogP contribution in [0.5, 0.6) is 0 Å². The van der Waals surface area contributed by atoms with E-state index in [2.05, 4.69) is 26.7 Å². The normalized spacial score (nSPS) is 21.1. The molecule has 82 valence electrons. The van der Waals surface area contributed by atoms with Crippen LogP contribution in [0.1, 0.15) is 11.7 Å². The number of aromatic nitrogens is 2. The highest BCUT2D eigenvalue weighted by Crippen LogP contribution is 2.20. The van der Waals surface area contributed by atoms with E-state index in [0.29, 0.717) is 6.04 Å². The minimum absolute atomic E-state index is 0.293. The Balaban J connectivity index is 2.08. The van der Waals surface area contributed by atoms with Crippen molar-refractivity contribution in [3.05, 3.63) is 36.3 Å². The zero-order valence-electron chi connectivity index (χ0n) is 8.98. The molecule has 2 aromatic rings. The number of piperazine rings is 1. The van der Waals surface area contributed by atoms with Crippen LogP contribution >= 0.6 is 0 Å². The zero-order valence-corrected chi connectivity index (χ0v) is 8.98. The highest BCUT2D eigenvalue weighted by molar-refractivity contribution is 5.80. The number of benzene rings is 1. The average molecular weight is 214 g/mol. The van der Waals surface area contributed by atoms with E-state index in [1.807, 2.05) is 18.2 Å². The molecule has 0 bridgehead atoms. The predicted molar refractivity (Wildman–Crippen MR) is 63.2 cm³/mol. The van der Waals surface area contributed by atoms with Crippen molar-refractivity contribution in [2.24, 2.45) is 0 Å². The lowest BCUT2D eigenvalue weighted by Crippen LogP contribution is -2.43. The molecule has 0 aliphatic carbocycles. The van der Waals surface area contributed by atoms with Gasteiger partial charge >= 0.3 is 0 Å². The second-order valence-electron chi connectivity index (χ2n) is 3.99. The van der Waals surface area contributed by atoms with Crippen LogP contribution in [0.25, 0.3) is 10.9 Å². The third kappa shape index (κ3) is 1.66. The minimum atomic E-state index is 0.293. The minimum Gasteiger partial charge on any atom is -0.314 e. The van der Waals surface area contributed by atoms with Gasteiger partial charge in [0.15, 0.2) is 0 Å². The van der Waals surface area contributed by atoms with E-state index < -0.39 is 0 Å². The van der Waals surface area contributed by atoms with Crippen LogP contribution in [0.4, 0.5) is 0 Å². The van der Waals surface area contributed by atoms with Gasteiger partial charge in [-0.15, -0.1) is 0 Å². The number of para-hydroxylation sites is 1. The lowest BCUT2D eigenvalue weighted by Gasteiger charge is -2.24. The van der Waals surface area contributed by atoms with Crippen LogP contribution in [-0.4, -0.2) is 29.6 Å². The summed E-state index contributed by atoms with van der Waals surface area (Å²) in [7, 11) is 0. The Hall–Kier alpha value is -1.52. The Morgan fingerprint density at radius 1 is 1.12 bits per heavy atom. The molecule has 1 aromatic carbocycles. The van der Waals surface area contributed by atoms with Gasteiger partial charge in [-0.2, -0.15) is 0 Å². The first-order chi connectivity index (χ1) is 7.95. The van der Waals surface area contributed by atoms with E-state index in [-0.39, 0.29) is 0 Å². The van der Waals surface area contributed by atoms with Crippen LogP contribution in [0.3, 0.4) is 0 Å². The van der Waals surface area contributed by atoms with Crippen LogP contribution < -0.4 is 10.6 Å². The van der Waals surface area contributed by atoms with Gasteiger partial charge in [0, 0.05) is 25.0 Å². The Morgan fingerprint density at radius 3 is 2.94 bits per heavy atom. The van der Waals surface area contributed by atoms with Gasteiger partial charge in [0.25, 0.3) is 0 Å². The van der Waals surface area contributed by atoms with Crippen molar-refractivity contribution in [1.29, 1.82) is 0 Å². The maximum Gasteiger partial charge on any atom is 0.116 e. The van der Waals surface area contributed by atoms with Crippen molar-refractivity contribution in [2.75, 3.05) is 19.6 Å².